The van der Waals surface area contributed by atoms with Crippen molar-refractivity contribution >= 4 is 10.9 Å². The molecule has 0 bridgehead atoms. The average molecular weight is 197 g/mol. The minimum absolute atomic E-state index is 1.20. The molecule has 0 radical (unpaired) electrons. The smallest absolute Gasteiger partial charge is 0.115 e. The van der Waals surface area contributed by atoms with Gasteiger partial charge in [0, 0.05) is 24.0 Å². The Hall–Kier alpha value is -2.03. The van der Waals surface area contributed by atoms with E-state index in [-0.39, 0.29) is 0 Å². The third-order valence-corrected chi connectivity index (χ3v) is 2.63. The lowest BCUT2D eigenvalue weighted by Gasteiger charge is -2.04. The summed E-state index contributed by atoms with van der Waals surface area (Å²) < 4.78 is 4.06. The molecule has 3 aromatic rings. The van der Waals surface area contributed by atoms with E-state index in [1.54, 1.807) is 12.5 Å². The quantitative estimate of drug-likeness (QED) is 0.587. The number of hydrogen-bond acceptors (Lipinski definition) is 1. The summed E-state index contributed by atoms with van der Waals surface area (Å²) in [5.41, 5.74) is 2.48. The Bertz CT molecular complexity index is 590. The van der Waals surface area contributed by atoms with Gasteiger partial charge in [0.2, 0.25) is 0 Å². The monoisotopic (exact) mass is 197 g/mol. The van der Waals surface area contributed by atoms with E-state index in [1.807, 2.05) is 10.9 Å². The van der Waals surface area contributed by atoms with Crippen LogP contribution in [0.1, 0.15) is 5.56 Å². The number of para-hydroxylation sites is 1. The lowest BCUT2D eigenvalue weighted by Crippen LogP contribution is -2.03. The van der Waals surface area contributed by atoms with E-state index >= 15 is 0 Å². The van der Waals surface area contributed by atoms with Crippen molar-refractivity contribution in [3.63, 3.8) is 0 Å². The van der Waals surface area contributed by atoms with Crippen LogP contribution in [0.4, 0.5) is 0 Å². The normalized spacial score (nSPS) is 11.0. The van der Waals surface area contributed by atoms with Crippen molar-refractivity contribution in [2.24, 2.45) is 0 Å². The first-order chi connectivity index (χ1) is 7.36. The molecule has 3 rings (SSSR count). The molecule has 0 fully saturated rings. The van der Waals surface area contributed by atoms with Crippen LogP contribution in [0.5, 0.6) is 0 Å². The van der Waals surface area contributed by atoms with E-state index in [4.69, 9.17) is 0 Å². The molecule has 0 saturated carbocycles. The minimum Gasteiger partial charge on any atom is -0.255 e. The Morgan fingerprint density at radius 2 is 2.07 bits per heavy atom. The number of aryl methyl sites for hydroxylation is 1. The largest absolute Gasteiger partial charge is 0.255 e. The molecule has 0 aliphatic carbocycles. The highest BCUT2D eigenvalue weighted by molar-refractivity contribution is 5.83. The zero-order valence-corrected chi connectivity index (χ0v) is 8.46. The van der Waals surface area contributed by atoms with Crippen LogP contribution in [-0.2, 0) is 0 Å². The van der Waals surface area contributed by atoms with Gasteiger partial charge >= 0.3 is 0 Å². The van der Waals surface area contributed by atoms with E-state index < -0.39 is 0 Å². The van der Waals surface area contributed by atoms with Gasteiger partial charge in [0.05, 0.1) is 5.52 Å². The summed E-state index contributed by atoms with van der Waals surface area (Å²) in [6.07, 6.45) is 7.63. The SMILES string of the molecule is Cc1cn(-n2ccnc2)c2ccccc12. The molecule has 74 valence electrons. The Balaban J connectivity index is 2.37. The molecular formula is C12H11N3. The lowest BCUT2D eigenvalue weighted by atomic mass is 10.2. The minimum atomic E-state index is 1.20. The van der Waals surface area contributed by atoms with E-state index in [2.05, 4.69) is 47.0 Å². The van der Waals surface area contributed by atoms with Gasteiger partial charge in [0.1, 0.15) is 6.33 Å². The molecule has 0 N–H and O–H groups in total. The van der Waals surface area contributed by atoms with Crippen molar-refractivity contribution < 1.29 is 0 Å². The molecule has 0 atom stereocenters. The van der Waals surface area contributed by atoms with Crippen molar-refractivity contribution in [3.8, 4) is 0 Å². The van der Waals surface area contributed by atoms with E-state index in [0.29, 0.717) is 0 Å². The number of imidazole rings is 1. The Morgan fingerprint density at radius 1 is 1.20 bits per heavy atom. The maximum atomic E-state index is 4.06. The van der Waals surface area contributed by atoms with Gasteiger partial charge in [0.15, 0.2) is 0 Å². The molecular weight excluding hydrogens is 186 g/mol. The van der Waals surface area contributed by atoms with Crippen LogP contribution in [0.2, 0.25) is 0 Å². The van der Waals surface area contributed by atoms with E-state index in [1.165, 1.54) is 16.5 Å². The topological polar surface area (TPSA) is 22.8 Å². The fraction of sp³-hybridized carbons (Fsp3) is 0.0833. The standard InChI is InChI=1S/C12H11N3/c1-10-8-15(14-7-6-13-9-14)12-5-3-2-4-11(10)12/h2-9H,1H3. The summed E-state index contributed by atoms with van der Waals surface area (Å²) in [6.45, 7) is 2.12. The molecule has 0 spiro atoms. The van der Waals surface area contributed by atoms with Crippen LogP contribution in [0.15, 0.2) is 49.2 Å². The summed E-state index contributed by atoms with van der Waals surface area (Å²) in [5, 5.41) is 1.28. The first-order valence-electron chi connectivity index (χ1n) is 4.91. The molecule has 2 aromatic heterocycles. The van der Waals surface area contributed by atoms with Gasteiger partial charge in [0.25, 0.3) is 0 Å². The van der Waals surface area contributed by atoms with Crippen molar-refractivity contribution in [2.75, 3.05) is 0 Å². The third kappa shape index (κ3) is 1.16. The maximum Gasteiger partial charge on any atom is 0.115 e. The summed E-state index contributed by atoms with van der Waals surface area (Å²) in [4.78, 5) is 4.06. The van der Waals surface area contributed by atoms with E-state index in [0.717, 1.165) is 0 Å². The van der Waals surface area contributed by atoms with Crippen LogP contribution in [0.3, 0.4) is 0 Å². The van der Waals surface area contributed by atoms with Gasteiger partial charge in [-0.2, -0.15) is 0 Å². The summed E-state index contributed by atoms with van der Waals surface area (Å²) in [7, 11) is 0. The fourth-order valence-corrected chi connectivity index (χ4v) is 1.90. The fourth-order valence-electron chi connectivity index (χ4n) is 1.90. The Kier molecular flexibility index (Phi) is 1.65. The van der Waals surface area contributed by atoms with Crippen molar-refractivity contribution in [1.82, 2.24) is 14.3 Å². The molecule has 3 heteroatoms. The van der Waals surface area contributed by atoms with E-state index in [9.17, 15) is 0 Å². The van der Waals surface area contributed by atoms with Crippen molar-refractivity contribution in [2.45, 2.75) is 6.92 Å². The molecule has 0 aliphatic heterocycles. The molecule has 1 aromatic carbocycles. The number of nitrogens with zero attached hydrogens (tertiary/aromatic N) is 3. The van der Waals surface area contributed by atoms with Gasteiger partial charge in [-0.3, -0.25) is 4.68 Å². The highest BCUT2D eigenvalue weighted by Crippen LogP contribution is 2.20. The highest BCUT2D eigenvalue weighted by Gasteiger charge is 2.04. The molecule has 0 amide bonds. The Labute approximate surface area is 87.6 Å². The number of fused-ring (bicyclic) bond motifs is 1. The average Bonchev–Trinajstić information content (AvgIpc) is 2.87. The summed E-state index contributed by atoms with van der Waals surface area (Å²) in [5.74, 6) is 0. The van der Waals surface area contributed by atoms with Crippen LogP contribution in [-0.4, -0.2) is 14.3 Å². The summed E-state index contributed by atoms with van der Waals surface area (Å²) >= 11 is 0. The molecule has 3 nitrogen and oxygen atoms in total. The molecule has 0 saturated heterocycles. The van der Waals surface area contributed by atoms with Crippen LogP contribution < -0.4 is 0 Å². The van der Waals surface area contributed by atoms with Gasteiger partial charge < -0.3 is 0 Å². The second-order valence-corrected chi connectivity index (χ2v) is 3.62. The molecule has 0 aliphatic rings. The first-order valence-corrected chi connectivity index (χ1v) is 4.91. The zero-order valence-electron chi connectivity index (χ0n) is 8.46. The predicted molar refractivity (Wildman–Crippen MR) is 59.7 cm³/mol. The van der Waals surface area contributed by atoms with Gasteiger partial charge in [-0.25, -0.2) is 9.66 Å². The first kappa shape index (κ1) is 8.29. The number of rotatable bonds is 1. The van der Waals surface area contributed by atoms with Crippen LogP contribution in [0.25, 0.3) is 10.9 Å². The summed E-state index contributed by atoms with van der Waals surface area (Å²) in [6, 6.07) is 8.36. The predicted octanol–water partition coefficient (Wildman–Crippen LogP) is 2.46. The Morgan fingerprint density at radius 3 is 2.87 bits per heavy atom. The van der Waals surface area contributed by atoms with Crippen LogP contribution >= 0.6 is 0 Å². The molecule has 2 heterocycles. The second kappa shape index (κ2) is 2.98. The zero-order chi connectivity index (χ0) is 10.3. The second-order valence-electron chi connectivity index (χ2n) is 3.62. The maximum absolute atomic E-state index is 4.06. The molecule has 0 unspecified atom stereocenters. The van der Waals surface area contributed by atoms with Crippen molar-refractivity contribution in [3.05, 3.63) is 54.7 Å². The molecule has 15 heavy (non-hydrogen) atoms. The van der Waals surface area contributed by atoms with Crippen LogP contribution in [0, 0.1) is 6.92 Å². The number of hydrogen-bond donors (Lipinski definition) is 0. The number of benzene rings is 1. The van der Waals surface area contributed by atoms with Gasteiger partial charge in [-0.05, 0) is 18.6 Å². The third-order valence-electron chi connectivity index (χ3n) is 2.63. The van der Waals surface area contributed by atoms with Gasteiger partial charge in [-0.1, -0.05) is 18.2 Å². The highest BCUT2D eigenvalue weighted by atomic mass is 15.5. The van der Waals surface area contributed by atoms with Gasteiger partial charge in [-0.15, -0.1) is 0 Å². The number of aromatic nitrogens is 3. The lowest BCUT2D eigenvalue weighted by molar-refractivity contribution is 0.685. The van der Waals surface area contributed by atoms with Crippen molar-refractivity contribution in [1.29, 1.82) is 0 Å².